The maximum Gasteiger partial charge on any atom is 0.330 e. The molecule has 1 aromatic carbocycles. The summed E-state index contributed by atoms with van der Waals surface area (Å²) >= 11 is 0. The minimum atomic E-state index is -0.914. The van der Waals surface area contributed by atoms with Gasteiger partial charge in [0.15, 0.2) is 0 Å². The van der Waals surface area contributed by atoms with Gasteiger partial charge in [0, 0.05) is 5.69 Å². The molecule has 0 amide bonds. The number of hydrogen-bond donors (Lipinski definition) is 2. The van der Waals surface area contributed by atoms with Crippen molar-refractivity contribution in [3.05, 3.63) is 42.0 Å². The van der Waals surface area contributed by atoms with Crippen LogP contribution in [0.15, 0.2) is 36.4 Å². The number of hydrogen-bond acceptors (Lipinski definition) is 2. The van der Waals surface area contributed by atoms with Crippen LogP contribution in [0.25, 0.3) is 0 Å². The number of carbonyl (C=O) groups is 1. The Balaban J connectivity index is 2.79. The number of benzene rings is 1. The summed E-state index contributed by atoms with van der Waals surface area (Å²) in [6.45, 7) is 7.32. The molecule has 0 aliphatic heterocycles. The van der Waals surface area contributed by atoms with E-state index in [2.05, 4.69) is 11.9 Å². The van der Waals surface area contributed by atoms with Gasteiger partial charge in [-0.15, -0.1) is 0 Å². The fraction of sp³-hybridized carbons (Fsp3) is 0.250. The van der Waals surface area contributed by atoms with E-state index in [-0.39, 0.29) is 0 Å². The molecule has 1 rings (SSSR count). The van der Waals surface area contributed by atoms with Crippen molar-refractivity contribution in [3.63, 3.8) is 0 Å². The van der Waals surface area contributed by atoms with Crippen molar-refractivity contribution in [2.24, 2.45) is 0 Å². The molecule has 0 radical (unpaired) electrons. The van der Waals surface area contributed by atoms with Crippen LogP contribution in [0.2, 0.25) is 0 Å². The minimum Gasteiger partial charge on any atom is -0.479 e. The van der Waals surface area contributed by atoms with Crippen LogP contribution in [-0.4, -0.2) is 17.1 Å². The molecule has 0 heterocycles. The zero-order valence-electron chi connectivity index (χ0n) is 8.95. The zero-order chi connectivity index (χ0) is 11.4. The Kier molecular flexibility index (Phi) is 3.50. The predicted molar refractivity (Wildman–Crippen MR) is 61.0 cm³/mol. The first-order valence-electron chi connectivity index (χ1n) is 4.72. The van der Waals surface area contributed by atoms with Crippen molar-refractivity contribution in [3.8, 4) is 0 Å². The fourth-order valence-electron chi connectivity index (χ4n) is 1.21. The molecule has 2 N–H and O–H groups in total. The van der Waals surface area contributed by atoms with Crippen molar-refractivity contribution in [1.29, 1.82) is 0 Å². The Hall–Kier alpha value is -1.77. The SMILES string of the molecule is C=C(C)C(Nc1ccc(C)cc1)C(=O)O. The van der Waals surface area contributed by atoms with Crippen molar-refractivity contribution in [2.45, 2.75) is 19.9 Å². The average molecular weight is 205 g/mol. The minimum absolute atomic E-state index is 0.586. The van der Waals surface area contributed by atoms with Gasteiger partial charge in [0.1, 0.15) is 6.04 Å². The standard InChI is InChI=1S/C12H15NO2/c1-8(2)11(12(14)15)13-10-6-4-9(3)5-7-10/h4-7,11,13H,1H2,2-3H3,(H,14,15). The summed E-state index contributed by atoms with van der Waals surface area (Å²) in [5.74, 6) is -0.914. The van der Waals surface area contributed by atoms with Crippen molar-refractivity contribution >= 4 is 11.7 Å². The van der Waals surface area contributed by atoms with E-state index < -0.39 is 12.0 Å². The van der Waals surface area contributed by atoms with E-state index in [1.807, 2.05) is 31.2 Å². The molecule has 0 spiro atoms. The predicted octanol–water partition coefficient (Wildman–Crippen LogP) is 2.44. The van der Waals surface area contributed by atoms with Crippen molar-refractivity contribution < 1.29 is 9.90 Å². The molecule has 80 valence electrons. The lowest BCUT2D eigenvalue weighted by atomic mass is 10.1. The van der Waals surface area contributed by atoms with Gasteiger partial charge in [0.25, 0.3) is 0 Å². The summed E-state index contributed by atoms with van der Waals surface area (Å²) in [5, 5.41) is 11.8. The van der Waals surface area contributed by atoms with Crippen LogP contribution in [0.4, 0.5) is 5.69 Å². The van der Waals surface area contributed by atoms with Gasteiger partial charge < -0.3 is 10.4 Å². The molecule has 0 aliphatic carbocycles. The molecule has 0 fully saturated rings. The van der Waals surface area contributed by atoms with E-state index in [1.165, 1.54) is 0 Å². The summed E-state index contributed by atoms with van der Waals surface area (Å²) in [6, 6.07) is 6.84. The molecule has 0 aliphatic rings. The van der Waals surface area contributed by atoms with Crippen LogP contribution in [0, 0.1) is 6.92 Å². The van der Waals surface area contributed by atoms with Gasteiger partial charge in [-0.05, 0) is 31.6 Å². The number of carboxylic acid groups (broad SMARTS) is 1. The first-order chi connectivity index (χ1) is 7.00. The molecular weight excluding hydrogens is 190 g/mol. The first-order valence-corrected chi connectivity index (χ1v) is 4.72. The fourth-order valence-corrected chi connectivity index (χ4v) is 1.21. The maximum atomic E-state index is 10.9. The highest BCUT2D eigenvalue weighted by molar-refractivity contribution is 5.80. The van der Waals surface area contributed by atoms with Gasteiger partial charge in [-0.3, -0.25) is 0 Å². The highest BCUT2D eigenvalue weighted by atomic mass is 16.4. The van der Waals surface area contributed by atoms with Gasteiger partial charge >= 0.3 is 5.97 Å². The molecule has 1 atom stereocenters. The smallest absolute Gasteiger partial charge is 0.330 e. The lowest BCUT2D eigenvalue weighted by Crippen LogP contribution is -2.29. The van der Waals surface area contributed by atoms with Crippen LogP contribution in [0.5, 0.6) is 0 Å². The second kappa shape index (κ2) is 4.64. The van der Waals surface area contributed by atoms with Gasteiger partial charge in [-0.25, -0.2) is 4.79 Å². The average Bonchev–Trinajstić information content (AvgIpc) is 2.15. The number of aryl methyl sites for hydroxylation is 1. The van der Waals surface area contributed by atoms with E-state index in [0.29, 0.717) is 5.57 Å². The maximum absolute atomic E-state index is 10.9. The van der Waals surface area contributed by atoms with Crippen LogP contribution < -0.4 is 5.32 Å². The highest BCUT2D eigenvalue weighted by Gasteiger charge is 2.17. The summed E-state index contributed by atoms with van der Waals surface area (Å²) in [5.41, 5.74) is 2.52. The number of anilines is 1. The summed E-state index contributed by atoms with van der Waals surface area (Å²) in [4.78, 5) is 10.9. The molecule has 1 aromatic rings. The number of carboxylic acids is 1. The van der Waals surface area contributed by atoms with Gasteiger partial charge in [-0.1, -0.05) is 24.3 Å². The van der Waals surface area contributed by atoms with Crippen LogP contribution in [0.3, 0.4) is 0 Å². The van der Waals surface area contributed by atoms with Crippen LogP contribution >= 0.6 is 0 Å². The summed E-state index contributed by atoms with van der Waals surface area (Å²) in [6.07, 6.45) is 0. The number of nitrogens with one attached hydrogen (secondary N) is 1. The van der Waals surface area contributed by atoms with Crippen LogP contribution in [0.1, 0.15) is 12.5 Å². The normalized spacial score (nSPS) is 11.9. The van der Waals surface area contributed by atoms with E-state index in [0.717, 1.165) is 11.3 Å². The molecule has 0 aromatic heterocycles. The highest BCUT2D eigenvalue weighted by Crippen LogP contribution is 2.12. The molecule has 3 heteroatoms. The molecule has 15 heavy (non-hydrogen) atoms. The monoisotopic (exact) mass is 205 g/mol. The first kappa shape index (κ1) is 11.3. The van der Waals surface area contributed by atoms with Gasteiger partial charge in [-0.2, -0.15) is 0 Å². The zero-order valence-corrected chi connectivity index (χ0v) is 8.95. The van der Waals surface area contributed by atoms with E-state index in [1.54, 1.807) is 6.92 Å². The lowest BCUT2D eigenvalue weighted by Gasteiger charge is -2.15. The van der Waals surface area contributed by atoms with E-state index in [9.17, 15) is 4.79 Å². The third-order valence-corrected chi connectivity index (χ3v) is 2.10. The molecular formula is C12H15NO2. The topological polar surface area (TPSA) is 49.3 Å². The molecule has 1 unspecified atom stereocenters. The third-order valence-electron chi connectivity index (χ3n) is 2.10. The second-order valence-electron chi connectivity index (χ2n) is 3.63. The third kappa shape index (κ3) is 3.13. The van der Waals surface area contributed by atoms with Gasteiger partial charge in [0.05, 0.1) is 0 Å². The molecule has 0 saturated heterocycles. The van der Waals surface area contributed by atoms with E-state index in [4.69, 9.17) is 5.11 Å². The van der Waals surface area contributed by atoms with Crippen LogP contribution in [-0.2, 0) is 4.79 Å². The Morgan fingerprint density at radius 2 is 1.93 bits per heavy atom. The van der Waals surface area contributed by atoms with Gasteiger partial charge in [0.2, 0.25) is 0 Å². The second-order valence-corrected chi connectivity index (χ2v) is 3.63. The largest absolute Gasteiger partial charge is 0.479 e. The number of aliphatic carboxylic acids is 1. The van der Waals surface area contributed by atoms with Crippen molar-refractivity contribution in [1.82, 2.24) is 0 Å². The van der Waals surface area contributed by atoms with E-state index >= 15 is 0 Å². The quantitative estimate of drug-likeness (QED) is 0.742. The Morgan fingerprint density at radius 3 is 2.33 bits per heavy atom. The van der Waals surface area contributed by atoms with Crippen molar-refractivity contribution in [2.75, 3.05) is 5.32 Å². The Labute approximate surface area is 89.4 Å². The summed E-state index contributed by atoms with van der Waals surface area (Å²) < 4.78 is 0. The summed E-state index contributed by atoms with van der Waals surface area (Å²) in [7, 11) is 0. The number of rotatable bonds is 4. The molecule has 0 bridgehead atoms. The lowest BCUT2D eigenvalue weighted by molar-refractivity contribution is -0.137. The Morgan fingerprint density at radius 1 is 1.40 bits per heavy atom. The molecule has 0 saturated carbocycles. The molecule has 3 nitrogen and oxygen atoms in total. The Bertz CT molecular complexity index is 354.